The molecule has 2 rings (SSSR count). The van der Waals surface area contributed by atoms with Crippen molar-refractivity contribution < 1.29 is 23.4 Å². The van der Waals surface area contributed by atoms with Crippen molar-refractivity contribution in [2.75, 3.05) is 6.61 Å². The van der Waals surface area contributed by atoms with Gasteiger partial charge in [-0.15, -0.1) is 0 Å². The van der Waals surface area contributed by atoms with Gasteiger partial charge in [0.2, 0.25) is 0 Å². The van der Waals surface area contributed by atoms with Crippen LogP contribution in [0.25, 0.3) is 10.4 Å². The monoisotopic (exact) mass is 293 g/mol. The molecule has 0 N–H and O–H groups in total. The number of benzene rings is 1. The highest BCUT2D eigenvalue weighted by molar-refractivity contribution is 5.38. The number of ether oxygens (including phenoxy) is 3. The van der Waals surface area contributed by atoms with Gasteiger partial charge in [0.15, 0.2) is 12.4 Å². The highest BCUT2D eigenvalue weighted by Crippen LogP contribution is 2.31. The van der Waals surface area contributed by atoms with Crippen molar-refractivity contribution >= 4 is 6.47 Å². The third-order valence-corrected chi connectivity index (χ3v) is 2.89. The maximum absolute atomic E-state index is 12.9. The minimum Gasteiger partial charge on any atom is -0.459 e. The van der Waals surface area contributed by atoms with Gasteiger partial charge in [-0.05, 0) is 5.53 Å². The molecule has 1 aromatic rings. The molecule has 0 aromatic heterocycles. The highest BCUT2D eigenvalue weighted by atomic mass is 19.1. The molecule has 110 valence electrons. The lowest BCUT2D eigenvalue weighted by Crippen LogP contribution is -2.42. The Kier molecular flexibility index (Phi) is 5.28. The number of hydrogen-bond acceptors (Lipinski definition) is 5. The maximum atomic E-state index is 12.9. The van der Waals surface area contributed by atoms with Gasteiger partial charge in [0.25, 0.3) is 6.47 Å². The molecule has 8 heteroatoms. The van der Waals surface area contributed by atoms with Crippen LogP contribution in [0.1, 0.15) is 11.9 Å². The van der Waals surface area contributed by atoms with Crippen molar-refractivity contribution in [1.82, 2.24) is 0 Å². The van der Waals surface area contributed by atoms with Crippen LogP contribution in [0.4, 0.5) is 4.39 Å². The third kappa shape index (κ3) is 3.57. The Morgan fingerprint density at radius 1 is 1.48 bits per heavy atom. The molecule has 1 heterocycles. The molecular formula is C13H12FN3O4. The minimum atomic E-state index is -1.05. The molecule has 1 fully saturated rings. The largest absolute Gasteiger partial charge is 0.459 e. The van der Waals surface area contributed by atoms with Gasteiger partial charge in [-0.2, -0.15) is 0 Å². The number of rotatable bonds is 5. The standard InChI is InChI=1S/C13H12FN3O4/c14-6-10(16-17-15)12-11(20-8-18)7-19-13(21-12)9-4-2-1-3-5-9/h1-6,8,11-13H,7H2/b10-6+/t11-,12+,13-/m1/s1. The average molecular weight is 293 g/mol. The van der Waals surface area contributed by atoms with E-state index in [0.717, 1.165) is 0 Å². The van der Waals surface area contributed by atoms with E-state index >= 15 is 0 Å². The van der Waals surface area contributed by atoms with E-state index in [9.17, 15) is 9.18 Å². The highest BCUT2D eigenvalue weighted by Gasteiger charge is 2.36. The first-order chi connectivity index (χ1) is 10.3. The summed E-state index contributed by atoms with van der Waals surface area (Å²) in [5.74, 6) is 0. The summed E-state index contributed by atoms with van der Waals surface area (Å²) in [4.78, 5) is 13.0. The van der Waals surface area contributed by atoms with E-state index in [1.54, 1.807) is 24.3 Å². The van der Waals surface area contributed by atoms with Crippen LogP contribution in [-0.4, -0.2) is 25.3 Å². The van der Waals surface area contributed by atoms with E-state index in [2.05, 4.69) is 10.0 Å². The lowest BCUT2D eigenvalue weighted by atomic mass is 10.1. The van der Waals surface area contributed by atoms with Gasteiger partial charge in [-0.1, -0.05) is 35.4 Å². The summed E-state index contributed by atoms with van der Waals surface area (Å²) < 4.78 is 28.7. The van der Waals surface area contributed by atoms with Crippen LogP contribution in [0.2, 0.25) is 0 Å². The Bertz CT molecular complexity index is 560. The van der Waals surface area contributed by atoms with Crippen LogP contribution < -0.4 is 0 Å². The topological polar surface area (TPSA) is 93.5 Å². The van der Waals surface area contributed by atoms with Gasteiger partial charge in [-0.25, -0.2) is 4.39 Å². The molecule has 1 aromatic carbocycles. The molecule has 7 nitrogen and oxygen atoms in total. The zero-order valence-corrected chi connectivity index (χ0v) is 10.8. The third-order valence-electron chi connectivity index (χ3n) is 2.89. The molecule has 0 amide bonds. The zero-order valence-electron chi connectivity index (χ0n) is 10.8. The number of halogens is 1. The first-order valence-corrected chi connectivity index (χ1v) is 6.06. The SMILES string of the molecule is [N-]=[N+]=N/C(=C/F)[C@@H]1O[C@H](c2ccccc2)OC[C@H]1OC=O. The van der Waals surface area contributed by atoms with Crippen LogP contribution in [-0.2, 0) is 19.0 Å². The molecule has 0 saturated carbocycles. The quantitative estimate of drug-likeness (QED) is 0.361. The van der Waals surface area contributed by atoms with Gasteiger partial charge >= 0.3 is 0 Å². The fourth-order valence-electron chi connectivity index (χ4n) is 1.95. The van der Waals surface area contributed by atoms with E-state index in [4.69, 9.17) is 19.7 Å². The van der Waals surface area contributed by atoms with Crippen LogP contribution in [0, 0.1) is 0 Å². The number of nitrogens with zero attached hydrogens (tertiary/aromatic N) is 3. The molecule has 0 bridgehead atoms. The molecule has 1 saturated heterocycles. The average Bonchev–Trinajstić information content (AvgIpc) is 2.54. The van der Waals surface area contributed by atoms with Gasteiger partial charge in [0.05, 0.1) is 18.6 Å². The molecule has 1 aliphatic heterocycles. The fraction of sp³-hybridized carbons (Fsp3) is 0.308. The molecule has 0 radical (unpaired) electrons. The predicted octanol–water partition coefficient (Wildman–Crippen LogP) is 2.76. The van der Waals surface area contributed by atoms with Crippen LogP contribution in [0.5, 0.6) is 0 Å². The first-order valence-electron chi connectivity index (χ1n) is 6.06. The van der Waals surface area contributed by atoms with Crippen molar-refractivity contribution in [3.8, 4) is 0 Å². The normalized spacial score (nSPS) is 25.8. The van der Waals surface area contributed by atoms with Crippen molar-refractivity contribution in [1.29, 1.82) is 0 Å². The molecule has 3 atom stereocenters. The summed E-state index contributed by atoms with van der Waals surface area (Å²) in [6.45, 7) is 0.195. The van der Waals surface area contributed by atoms with Crippen LogP contribution in [0.15, 0.2) is 47.5 Å². The number of carbonyl (C=O) groups is 1. The van der Waals surface area contributed by atoms with E-state index in [1.807, 2.05) is 6.07 Å². The second-order valence-corrected chi connectivity index (χ2v) is 4.13. The zero-order chi connectivity index (χ0) is 15.1. The molecule has 0 spiro atoms. The van der Waals surface area contributed by atoms with E-state index in [-0.39, 0.29) is 25.1 Å². The summed E-state index contributed by atoms with van der Waals surface area (Å²) in [6, 6.07) is 8.97. The number of azide groups is 1. The Hall–Kier alpha value is -2.41. The first kappa shape index (κ1) is 15.0. The van der Waals surface area contributed by atoms with Crippen molar-refractivity contribution in [3.05, 3.63) is 58.4 Å². The summed E-state index contributed by atoms with van der Waals surface area (Å²) >= 11 is 0. The van der Waals surface area contributed by atoms with Crippen molar-refractivity contribution in [2.24, 2.45) is 5.11 Å². The lowest BCUT2D eigenvalue weighted by Gasteiger charge is -2.35. The second kappa shape index (κ2) is 7.39. The molecule has 1 aliphatic rings. The predicted molar refractivity (Wildman–Crippen MR) is 69.3 cm³/mol. The summed E-state index contributed by atoms with van der Waals surface area (Å²) in [5.41, 5.74) is 8.85. The smallest absolute Gasteiger partial charge is 0.293 e. The Morgan fingerprint density at radius 3 is 2.86 bits per heavy atom. The van der Waals surface area contributed by atoms with Crippen LogP contribution in [0.3, 0.4) is 0 Å². The Balaban J connectivity index is 2.23. The van der Waals surface area contributed by atoms with Crippen molar-refractivity contribution in [3.63, 3.8) is 0 Å². The van der Waals surface area contributed by atoms with Gasteiger partial charge < -0.3 is 14.2 Å². The molecule has 0 unspecified atom stereocenters. The van der Waals surface area contributed by atoms with Gasteiger partial charge in [0, 0.05) is 10.5 Å². The van der Waals surface area contributed by atoms with E-state index in [1.165, 1.54) is 0 Å². The summed E-state index contributed by atoms with van der Waals surface area (Å²) in [5, 5.41) is 3.22. The summed E-state index contributed by atoms with van der Waals surface area (Å²) in [7, 11) is 0. The van der Waals surface area contributed by atoms with E-state index < -0.39 is 18.5 Å². The van der Waals surface area contributed by atoms with Gasteiger partial charge in [0.1, 0.15) is 6.10 Å². The van der Waals surface area contributed by atoms with Gasteiger partial charge in [-0.3, -0.25) is 4.79 Å². The van der Waals surface area contributed by atoms with Crippen LogP contribution >= 0.6 is 0 Å². The minimum absolute atomic E-state index is 0.0126. The summed E-state index contributed by atoms with van der Waals surface area (Å²) in [6.07, 6.45) is -2.59. The fourth-order valence-corrected chi connectivity index (χ4v) is 1.95. The molecular weight excluding hydrogens is 281 g/mol. The second-order valence-electron chi connectivity index (χ2n) is 4.13. The van der Waals surface area contributed by atoms with E-state index in [0.29, 0.717) is 5.56 Å². The Labute approximate surface area is 119 Å². The lowest BCUT2D eigenvalue weighted by molar-refractivity contribution is -0.250. The maximum Gasteiger partial charge on any atom is 0.293 e. The number of carbonyl (C=O) groups excluding carboxylic acids is 1. The molecule has 21 heavy (non-hydrogen) atoms. The molecule has 0 aliphatic carbocycles. The number of hydrogen-bond donors (Lipinski definition) is 0. The van der Waals surface area contributed by atoms with Crippen molar-refractivity contribution in [2.45, 2.75) is 18.5 Å². The Morgan fingerprint density at radius 2 is 2.24 bits per heavy atom.